The molecule has 2 aliphatic heterocycles. The number of carbonyl (C=O) groups excluding carboxylic acids is 2. The molecule has 1 atom stereocenters. The molecule has 1 aromatic rings. The van der Waals surface area contributed by atoms with Gasteiger partial charge in [0.15, 0.2) is 0 Å². The summed E-state index contributed by atoms with van der Waals surface area (Å²) in [5, 5.41) is 3.44. The zero-order valence-electron chi connectivity index (χ0n) is 13.9. The molecule has 2 fully saturated rings. The Bertz CT molecular complexity index is 575. The second-order valence-corrected chi connectivity index (χ2v) is 6.47. The predicted octanol–water partition coefficient (Wildman–Crippen LogP) is 0.361. The Hall–Kier alpha value is -2.15. The first-order valence-corrected chi connectivity index (χ1v) is 8.65. The third-order valence-electron chi connectivity index (χ3n) is 4.86. The van der Waals surface area contributed by atoms with Crippen LogP contribution in [0, 0.1) is 0 Å². The van der Waals surface area contributed by atoms with Gasteiger partial charge in [0.25, 0.3) is 0 Å². The summed E-state index contributed by atoms with van der Waals surface area (Å²) in [5.74, 6) is 0.601. The number of carbonyl (C=O) groups is 2. The lowest BCUT2D eigenvalue weighted by Crippen LogP contribution is -2.49. The van der Waals surface area contributed by atoms with E-state index in [0.717, 1.165) is 45.0 Å². The number of nitrogens with one attached hydrogen (secondary N) is 1. The van der Waals surface area contributed by atoms with E-state index in [1.165, 1.54) is 19.0 Å². The minimum Gasteiger partial charge on any atom is -0.366 e. The van der Waals surface area contributed by atoms with Crippen LogP contribution in [0.1, 0.15) is 36.0 Å². The Kier molecular flexibility index (Phi) is 5.30. The smallest absolute Gasteiger partial charge is 0.250 e. The zero-order chi connectivity index (χ0) is 16.9. The molecule has 3 N–H and O–H groups in total. The predicted molar refractivity (Wildman–Crippen MR) is 91.8 cm³/mol. The number of amides is 2. The SMILES string of the molecule is NC(=O)c1ccc(N2CCN(C(=O)CC[C@@H]3CCCN3)CC2)nc1. The van der Waals surface area contributed by atoms with Crippen molar-refractivity contribution < 1.29 is 9.59 Å². The van der Waals surface area contributed by atoms with Crippen molar-refractivity contribution in [1.29, 1.82) is 0 Å². The highest BCUT2D eigenvalue weighted by atomic mass is 16.2. The third-order valence-corrected chi connectivity index (χ3v) is 4.86. The first-order chi connectivity index (χ1) is 11.6. The van der Waals surface area contributed by atoms with Crippen molar-refractivity contribution in [3.05, 3.63) is 23.9 Å². The van der Waals surface area contributed by atoms with E-state index < -0.39 is 5.91 Å². The fourth-order valence-corrected chi connectivity index (χ4v) is 3.36. The highest BCUT2D eigenvalue weighted by Gasteiger charge is 2.23. The van der Waals surface area contributed by atoms with Gasteiger partial charge in [-0.05, 0) is 37.9 Å². The maximum atomic E-state index is 12.3. The van der Waals surface area contributed by atoms with Crippen molar-refractivity contribution in [2.24, 2.45) is 5.73 Å². The first kappa shape index (κ1) is 16.7. The molecule has 2 amide bonds. The van der Waals surface area contributed by atoms with E-state index in [-0.39, 0.29) is 5.91 Å². The van der Waals surface area contributed by atoms with Crippen LogP contribution in [0.3, 0.4) is 0 Å². The van der Waals surface area contributed by atoms with E-state index in [2.05, 4.69) is 15.2 Å². The van der Waals surface area contributed by atoms with Gasteiger partial charge in [-0.3, -0.25) is 9.59 Å². The van der Waals surface area contributed by atoms with Crippen LogP contribution in [0.15, 0.2) is 18.3 Å². The Balaban J connectivity index is 1.46. The minimum atomic E-state index is -0.471. The van der Waals surface area contributed by atoms with Crippen LogP contribution < -0.4 is 16.0 Å². The van der Waals surface area contributed by atoms with Gasteiger partial charge < -0.3 is 20.9 Å². The van der Waals surface area contributed by atoms with E-state index in [9.17, 15) is 9.59 Å². The van der Waals surface area contributed by atoms with E-state index in [1.54, 1.807) is 6.07 Å². The number of primary amides is 1. The van der Waals surface area contributed by atoms with Crippen LogP contribution >= 0.6 is 0 Å². The molecule has 0 radical (unpaired) electrons. The normalized spacial score (nSPS) is 21.1. The average Bonchev–Trinajstić information content (AvgIpc) is 3.13. The van der Waals surface area contributed by atoms with Gasteiger partial charge in [0.1, 0.15) is 5.82 Å². The number of nitrogens with two attached hydrogens (primary N) is 1. The summed E-state index contributed by atoms with van der Waals surface area (Å²) in [6.07, 6.45) is 5.48. The summed E-state index contributed by atoms with van der Waals surface area (Å²) in [5.41, 5.74) is 5.64. The standard InChI is InChI=1S/C17H25N5O2/c18-17(24)13-3-5-15(20-12-13)21-8-10-22(11-9-21)16(23)6-4-14-2-1-7-19-14/h3,5,12,14,19H,1-2,4,6-11H2,(H2,18,24)/t14-/m0/s1. The van der Waals surface area contributed by atoms with Gasteiger partial charge in [0.05, 0.1) is 5.56 Å². The van der Waals surface area contributed by atoms with Gasteiger partial charge in [0, 0.05) is 44.8 Å². The molecule has 7 nitrogen and oxygen atoms in total. The Morgan fingerprint density at radius 1 is 1.25 bits per heavy atom. The molecule has 2 saturated heterocycles. The number of hydrogen-bond donors (Lipinski definition) is 2. The second-order valence-electron chi connectivity index (χ2n) is 6.47. The summed E-state index contributed by atoms with van der Waals surface area (Å²) in [4.78, 5) is 31.8. The van der Waals surface area contributed by atoms with Crippen LogP contribution in [0.4, 0.5) is 5.82 Å². The minimum absolute atomic E-state index is 0.250. The molecule has 7 heteroatoms. The zero-order valence-corrected chi connectivity index (χ0v) is 13.9. The number of anilines is 1. The van der Waals surface area contributed by atoms with E-state index in [1.807, 2.05) is 11.0 Å². The van der Waals surface area contributed by atoms with Crippen LogP contribution in [-0.4, -0.2) is 60.5 Å². The first-order valence-electron chi connectivity index (χ1n) is 8.65. The van der Waals surface area contributed by atoms with Gasteiger partial charge in [0.2, 0.25) is 11.8 Å². The molecular formula is C17H25N5O2. The molecule has 3 rings (SSSR count). The Labute approximate surface area is 142 Å². The third kappa shape index (κ3) is 4.03. The number of rotatable bonds is 5. The molecule has 0 aliphatic carbocycles. The van der Waals surface area contributed by atoms with Crippen molar-refractivity contribution in [2.75, 3.05) is 37.6 Å². The lowest BCUT2D eigenvalue weighted by Gasteiger charge is -2.35. The summed E-state index contributed by atoms with van der Waals surface area (Å²) in [6, 6.07) is 4.02. The van der Waals surface area contributed by atoms with Crippen molar-refractivity contribution >= 4 is 17.6 Å². The largest absolute Gasteiger partial charge is 0.366 e. The molecule has 0 bridgehead atoms. The van der Waals surface area contributed by atoms with Crippen LogP contribution in [-0.2, 0) is 4.79 Å². The summed E-state index contributed by atoms with van der Waals surface area (Å²) in [6.45, 7) is 4.04. The molecule has 3 heterocycles. The number of hydrogen-bond acceptors (Lipinski definition) is 5. The number of pyridine rings is 1. The molecule has 0 saturated carbocycles. The topological polar surface area (TPSA) is 91.6 Å². The summed E-state index contributed by atoms with van der Waals surface area (Å²) >= 11 is 0. The molecule has 130 valence electrons. The van der Waals surface area contributed by atoms with Crippen molar-refractivity contribution in [3.63, 3.8) is 0 Å². The number of piperazine rings is 1. The fourth-order valence-electron chi connectivity index (χ4n) is 3.36. The number of aromatic nitrogens is 1. The fraction of sp³-hybridized carbons (Fsp3) is 0.588. The van der Waals surface area contributed by atoms with Gasteiger partial charge in [-0.2, -0.15) is 0 Å². The lowest BCUT2D eigenvalue weighted by atomic mass is 10.1. The molecule has 0 spiro atoms. The van der Waals surface area contributed by atoms with Crippen LogP contribution in [0.2, 0.25) is 0 Å². The summed E-state index contributed by atoms with van der Waals surface area (Å²) in [7, 11) is 0. The van der Waals surface area contributed by atoms with Crippen LogP contribution in [0.5, 0.6) is 0 Å². The van der Waals surface area contributed by atoms with Crippen molar-refractivity contribution in [1.82, 2.24) is 15.2 Å². The molecular weight excluding hydrogens is 306 g/mol. The Morgan fingerprint density at radius 3 is 2.62 bits per heavy atom. The quantitative estimate of drug-likeness (QED) is 0.813. The second kappa shape index (κ2) is 7.61. The molecule has 1 aromatic heterocycles. The molecule has 24 heavy (non-hydrogen) atoms. The highest BCUT2D eigenvalue weighted by molar-refractivity contribution is 5.92. The Morgan fingerprint density at radius 2 is 2.04 bits per heavy atom. The highest BCUT2D eigenvalue weighted by Crippen LogP contribution is 2.16. The van der Waals surface area contributed by atoms with Crippen molar-refractivity contribution in [2.45, 2.75) is 31.7 Å². The maximum Gasteiger partial charge on any atom is 0.250 e. The van der Waals surface area contributed by atoms with E-state index in [4.69, 9.17) is 5.73 Å². The maximum absolute atomic E-state index is 12.3. The lowest BCUT2D eigenvalue weighted by molar-refractivity contribution is -0.131. The molecule has 2 aliphatic rings. The molecule has 0 unspecified atom stereocenters. The average molecular weight is 331 g/mol. The summed E-state index contributed by atoms with van der Waals surface area (Å²) < 4.78 is 0. The number of nitrogens with zero attached hydrogens (tertiary/aromatic N) is 3. The van der Waals surface area contributed by atoms with Gasteiger partial charge in [-0.1, -0.05) is 0 Å². The van der Waals surface area contributed by atoms with Gasteiger partial charge in [-0.15, -0.1) is 0 Å². The monoisotopic (exact) mass is 331 g/mol. The van der Waals surface area contributed by atoms with E-state index in [0.29, 0.717) is 18.0 Å². The van der Waals surface area contributed by atoms with Crippen LogP contribution in [0.25, 0.3) is 0 Å². The van der Waals surface area contributed by atoms with Crippen molar-refractivity contribution in [3.8, 4) is 0 Å². The molecule has 0 aromatic carbocycles. The van der Waals surface area contributed by atoms with Gasteiger partial charge >= 0.3 is 0 Å². The van der Waals surface area contributed by atoms with E-state index >= 15 is 0 Å². The van der Waals surface area contributed by atoms with Gasteiger partial charge in [-0.25, -0.2) is 4.98 Å².